The van der Waals surface area contributed by atoms with Crippen molar-refractivity contribution in [2.75, 3.05) is 13.2 Å². The van der Waals surface area contributed by atoms with Crippen LogP contribution in [-0.2, 0) is 16.8 Å². The van der Waals surface area contributed by atoms with E-state index >= 15 is 0 Å². The highest BCUT2D eigenvalue weighted by Crippen LogP contribution is 2.27. The Labute approximate surface area is 102 Å². The maximum absolute atomic E-state index is 5.59. The maximum atomic E-state index is 5.59. The lowest BCUT2D eigenvalue weighted by atomic mass is 9.95. The first-order valence-corrected chi connectivity index (χ1v) is 6.61. The van der Waals surface area contributed by atoms with Gasteiger partial charge in [0, 0.05) is 25.4 Å². The zero-order valence-electron chi connectivity index (χ0n) is 10.5. The van der Waals surface area contributed by atoms with Crippen molar-refractivity contribution >= 4 is 0 Å². The fourth-order valence-electron chi connectivity index (χ4n) is 2.41. The Hall–Kier alpha value is -0.870. The molecule has 94 valence electrons. The van der Waals surface area contributed by atoms with E-state index in [0.717, 1.165) is 37.9 Å². The lowest BCUT2D eigenvalue weighted by molar-refractivity contribution is 0.00944. The van der Waals surface area contributed by atoms with Gasteiger partial charge in [-0.2, -0.15) is 0 Å². The van der Waals surface area contributed by atoms with Crippen LogP contribution >= 0.6 is 0 Å². The molecule has 0 radical (unpaired) electrons. The molecule has 2 aliphatic rings. The number of hydrogen-bond donors (Lipinski definition) is 1. The van der Waals surface area contributed by atoms with Crippen LogP contribution < -0.4 is 5.32 Å². The molecule has 1 saturated heterocycles. The van der Waals surface area contributed by atoms with E-state index in [4.69, 9.17) is 4.74 Å². The summed E-state index contributed by atoms with van der Waals surface area (Å²) in [5.74, 6) is 0. The smallest absolute Gasteiger partial charge is 0.0955 e. The second kappa shape index (κ2) is 4.42. The number of nitrogens with zero attached hydrogens (tertiary/aromatic N) is 2. The predicted octanol–water partition coefficient (Wildman–Crippen LogP) is 1.66. The molecule has 2 heterocycles. The van der Waals surface area contributed by atoms with E-state index in [9.17, 15) is 0 Å². The minimum Gasteiger partial charge on any atom is -0.379 e. The van der Waals surface area contributed by atoms with E-state index in [1.807, 2.05) is 6.33 Å². The third-order valence-electron chi connectivity index (χ3n) is 3.83. The summed E-state index contributed by atoms with van der Waals surface area (Å²) in [5, 5.41) is 3.49. The summed E-state index contributed by atoms with van der Waals surface area (Å²) in [6.07, 6.45) is 9.10. The highest BCUT2D eigenvalue weighted by molar-refractivity contribution is 5.02. The summed E-state index contributed by atoms with van der Waals surface area (Å²) in [7, 11) is 0. The SMILES string of the molecule is CC1(n2cnc(CNC3CC3)c2)CCCOC1. The molecule has 0 bridgehead atoms. The van der Waals surface area contributed by atoms with Crippen molar-refractivity contribution in [2.24, 2.45) is 0 Å². The van der Waals surface area contributed by atoms with Gasteiger partial charge in [-0.15, -0.1) is 0 Å². The van der Waals surface area contributed by atoms with Gasteiger partial charge in [-0.25, -0.2) is 4.98 Å². The van der Waals surface area contributed by atoms with Gasteiger partial charge in [-0.05, 0) is 32.6 Å². The molecule has 1 aromatic heterocycles. The van der Waals surface area contributed by atoms with Gasteiger partial charge >= 0.3 is 0 Å². The largest absolute Gasteiger partial charge is 0.379 e. The molecule has 17 heavy (non-hydrogen) atoms. The van der Waals surface area contributed by atoms with Gasteiger partial charge in [-0.1, -0.05) is 0 Å². The Balaban J connectivity index is 1.65. The van der Waals surface area contributed by atoms with Crippen LogP contribution in [0.15, 0.2) is 12.5 Å². The molecule has 4 heteroatoms. The zero-order chi connectivity index (χ0) is 11.7. The highest BCUT2D eigenvalue weighted by Gasteiger charge is 2.29. The molecule has 0 spiro atoms. The average Bonchev–Trinajstić information content (AvgIpc) is 3.04. The number of rotatable bonds is 4. The molecule has 1 aromatic rings. The molecule has 1 saturated carbocycles. The van der Waals surface area contributed by atoms with Crippen LogP contribution in [0.4, 0.5) is 0 Å². The number of imidazole rings is 1. The van der Waals surface area contributed by atoms with E-state index in [0.29, 0.717) is 0 Å². The van der Waals surface area contributed by atoms with Gasteiger partial charge in [0.15, 0.2) is 0 Å². The minimum absolute atomic E-state index is 0.100. The Morgan fingerprint density at radius 2 is 2.47 bits per heavy atom. The Kier molecular flexibility index (Phi) is 2.92. The van der Waals surface area contributed by atoms with Gasteiger partial charge in [-0.3, -0.25) is 0 Å². The van der Waals surface area contributed by atoms with E-state index in [2.05, 4.69) is 28.0 Å². The van der Waals surface area contributed by atoms with Crippen molar-refractivity contribution in [1.29, 1.82) is 0 Å². The summed E-state index contributed by atoms with van der Waals surface area (Å²) in [4.78, 5) is 4.48. The van der Waals surface area contributed by atoms with Gasteiger partial charge in [0.25, 0.3) is 0 Å². The van der Waals surface area contributed by atoms with E-state index in [-0.39, 0.29) is 5.54 Å². The molecule has 4 nitrogen and oxygen atoms in total. The van der Waals surface area contributed by atoms with Gasteiger partial charge in [0.1, 0.15) is 0 Å². The highest BCUT2D eigenvalue weighted by atomic mass is 16.5. The third-order valence-corrected chi connectivity index (χ3v) is 3.83. The lowest BCUT2D eigenvalue weighted by Crippen LogP contribution is -2.38. The van der Waals surface area contributed by atoms with Gasteiger partial charge < -0.3 is 14.6 Å². The van der Waals surface area contributed by atoms with E-state index < -0.39 is 0 Å². The fourth-order valence-corrected chi connectivity index (χ4v) is 2.41. The average molecular weight is 235 g/mol. The summed E-state index contributed by atoms with van der Waals surface area (Å²) < 4.78 is 7.82. The number of hydrogen-bond acceptors (Lipinski definition) is 3. The standard InChI is InChI=1S/C13H21N3O/c1-13(5-2-6-17-9-13)16-8-12(15-10-16)7-14-11-3-4-11/h8,10-11,14H,2-7,9H2,1H3. The normalized spacial score (nSPS) is 29.5. The van der Waals surface area contributed by atoms with Crippen LogP contribution in [0.3, 0.4) is 0 Å². The second-order valence-corrected chi connectivity index (χ2v) is 5.58. The Morgan fingerprint density at radius 1 is 1.59 bits per heavy atom. The van der Waals surface area contributed by atoms with Crippen molar-refractivity contribution in [1.82, 2.24) is 14.9 Å². The molecule has 1 aliphatic carbocycles. The minimum atomic E-state index is 0.100. The number of ether oxygens (including phenoxy) is 1. The van der Waals surface area contributed by atoms with Crippen LogP contribution in [0.25, 0.3) is 0 Å². The van der Waals surface area contributed by atoms with Crippen LogP contribution in [0.1, 0.15) is 38.3 Å². The zero-order valence-corrected chi connectivity index (χ0v) is 10.5. The van der Waals surface area contributed by atoms with E-state index in [1.54, 1.807) is 0 Å². The quantitative estimate of drug-likeness (QED) is 0.862. The molecule has 1 aliphatic heterocycles. The summed E-state index contributed by atoms with van der Waals surface area (Å²) in [5.41, 5.74) is 1.24. The van der Waals surface area contributed by atoms with Crippen LogP contribution in [0.5, 0.6) is 0 Å². The van der Waals surface area contributed by atoms with Crippen molar-refractivity contribution in [3.05, 3.63) is 18.2 Å². The van der Waals surface area contributed by atoms with Gasteiger partial charge in [0.05, 0.1) is 24.2 Å². The number of aromatic nitrogens is 2. The first kappa shape index (κ1) is 11.2. The van der Waals surface area contributed by atoms with Crippen molar-refractivity contribution < 1.29 is 4.74 Å². The molecule has 3 rings (SSSR count). The molecule has 0 amide bonds. The van der Waals surface area contributed by atoms with E-state index in [1.165, 1.54) is 19.3 Å². The second-order valence-electron chi connectivity index (χ2n) is 5.58. The Morgan fingerprint density at radius 3 is 3.18 bits per heavy atom. The van der Waals surface area contributed by atoms with Gasteiger partial charge in [0.2, 0.25) is 0 Å². The third kappa shape index (κ3) is 2.53. The molecule has 1 unspecified atom stereocenters. The maximum Gasteiger partial charge on any atom is 0.0955 e. The topological polar surface area (TPSA) is 39.1 Å². The Bertz CT molecular complexity index is 378. The molecule has 1 N–H and O–H groups in total. The monoisotopic (exact) mass is 235 g/mol. The van der Waals surface area contributed by atoms with Crippen molar-refractivity contribution in [2.45, 2.75) is 50.7 Å². The fraction of sp³-hybridized carbons (Fsp3) is 0.769. The first-order chi connectivity index (χ1) is 8.26. The van der Waals surface area contributed by atoms with Crippen LogP contribution in [0, 0.1) is 0 Å². The summed E-state index contributed by atoms with van der Waals surface area (Å²) in [6, 6.07) is 0.744. The summed E-state index contributed by atoms with van der Waals surface area (Å²) in [6.45, 7) is 4.86. The molecular weight excluding hydrogens is 214 g/mol. The first-order valence-electron chi connectivity index (χ1n) is 6.61. The van der Waals surface area contributed by atoms with Crippen LogP contribution in [-0.4, -0.2) is 28.8 Å². The molecule has 0 aromatic carbocycles. The predicted molar refractivity (Wildman–Crippen MR) is 65.8 cm³/mol. The number of nitrogens with one attached hydrogen (secondary N) is 1. The molecule has 1 atom stereocenters. The van der Waals surface area contributed by atoms with Crippen molar-refractivity contribution in [3.63, 3.8) is 0 Å². The van der Waals surface area contributed by atoms with Crippen LogP contribution in [0.2, 0.25) is 0 Å². The lowest BCUT2D eigenvalue weighted by Gasteiger charge is -2.34. The van der Waals surface area contributed by atoms with Crippen molar-refractivity contribution in [3.8, 4) is 0 Å². The molecule has 2 fully saturated rings. The molecular formula is C13H21N3O. The summed E-state index contributed by atoms with van der Waals surface area (Å²) >= 11 is 0.